The molecule has 0 saturated carbocycles. The monoisotopic (exact) mass is 438 g/mol. The summed E-state index contributed by atoms with van der Waals surface area (Å²) in [6.07, 6.45) is 0. The van der Waals surface area contributed by atoms with E-state index in [2.05, 4.69) is 15.4 Å². The molecule has 4 aromatic rings. The molecular formula is C23H20ClFN4O2. The molecule has 0 atom stereocenters. The Morgan fingerprint density at radius 2 is 1.81 bits per heavy atom. The first-order valence-corrected chi connectivity index (χ1v) is 10.1. The third-order valence-electron chi connectivity index (χ3n) is 4.83. The topological polar surface area (TPSA) is 69.0 Å². The summed E-state index contributed by atoms with van der Waals surface area (Å²) < 4.78 is 21.3. The Bertz CT molecular complexity index is 1280. The third-order valence-corrected chi connectivity index (χ3v) is 5.08. The van der Waals surface area contributed by atoms with Gasteiger partial charge in [0.2, 0.25) is 5.95 Å². The van der Waals surface area contributed by atoms with E-state index in [0.717, 1.165) is 5.56 Å². The van der Waals surface area contributed by atoms with Crippen LogP contribution in [0.5, 0.6) is 0 Å². The smallest absolute Gasteiger partial charge is 0.274 e. The first-order chi connectivity index (χ1) is 15.1. The van der Waals surface area contributed by atoms with E-state index in [9.17, 15) is 9.18 Å². The van der Waals surface area contributed by atoms with Gasteiger partial charge in [-0.1, -0.05) is 41.9 Å². The van der Waals surface area contributed by atoms with Crippen LogP contribution in [0.4, 0.5) is 10.2 Å². The fourth-order valence-corrected chi connectivity index (χ4v) is 3.42. The minimum absolute atomic E-state index is 0.221. The Balaban J connectivity index is 1.79. The number of aromatic nitrogens is 3. The fourth-order valence-electron chi connectivity index (χ4n) is 3.29. The van der Waals surface area contributed by atoms with Gasteiger partial charge in [-0.3, -0.25) is 4.79 Å². The van der Waals surface area contributed by atoms with Crippen molar-refractivity contribution in [2.24, 2.45) is 0 Å². The third kappa shape index (κ3) is 4.57. The van der Waals surface area contributed by atoms with Gasteiger partial charge < -0.3 is 10.1 Å². The second-order valence-electron chi connectivity index (χ2n) is 6.94. The van der Waals surface area contributed by atoms with Gasteiger partial charge in [-0.15, -0.1) is 0 Å². The number of pyridine rings is 1. The fraction of sp³-hybridized carbons (Fsp3) is 0.174. The standard InChI is InChI=1S/C23H20ClFN4O2/c1-31-13-12-26-20-11-10-19(22(25)27-20)21-17-4-2-3-5-18(17)23(30)29(28-21)14-15-6-8-16(24)9-7-15/h2-11H,12-14H2,1H3,(H,26,27). The number of nitrogens with zero attached hydrogens (tertiary/aromatic N) is 3. The molecule has 2 aromatic carbocycles. The Morgan fingerprint density at radius 3 is 2.52 bits per heavy atom. The zero-order valence-electron chi connectivity index (χ0n) is 16.8. The zero-order chi connectivity index (χ0) is 21.8. The quantitative estimate of drug-likeness (QED) is 0.343. The maximum Gasteiger partial charge on any atom is 0.274 e. The highest BCUT2D eigenvalue weighted by Crippen LogP contribution is 2.27. The molecule has 0 unspecified atom stereocenters. The summed E-state index contributed by atoms with van der Waals surface area (Å²) in [7, 11) is 1.59. The molecule has 0 amide bonds. The van der Waals surface area contributed by atoms with Gasteiger partial charge >= 0.3 is 0 Å². The minimum Gasteiger partial charge on any atom is -0.383 e. The van der Waals surface area contributed by atoms with Crippen LogP contribution in [0.3, 0.4) is 0 Å². The number of hydrogen-bond donors (Lipinski definition) is 1. The number of hydrogen-bond acceptors (Lipinski definition) is 5. The predicted molar refractivity (Wildman–Crippen MR) is 120 cm³/mol. The van der Waals surface area contributed by atoms with Crippen molar-refractivity contribution in [1.82, 2.24) is 14.8 Å². The van der Waals surface area contributed by atoms with Crippen molar-refractivity contribution >= 4 is 28.2 Å². The molecule has 0 aliphatic carbocycles. The molecule has 0 fully saturated rings. The molecule has 0 aliphatic heterocycles. The first kappa shape index (κ1) is 21.0. The first-order valence-electron chi connectivity index (χ1n) is 9.71. The lowest BCUT2D eigenvalue weighted by molar-refractivity contribution is 0.210. The van der Waals surface area contributed by atoms with E-state index in [-0.39, 0.29) is 17.7 Å². The van der Waals surface area contributed by atoms with Crippen molar-refractivity contribution < 1.29 is 9.13 Å². The summed E-state index contributed by atoms with van der Waals surface area (Å²) in [6.45, 7) is 1.22. The van der Waals surface area contributed by atoms with E-state index in [4.69, 9.17) is 16.3 Å². The lowest BCUT2D eigenvalue weighted by Crippen LogP contribution is -2.24. The zero-order valence-corrected chi connectivity index (χ0v) is 17.6. The van der Waals surface area contributed by atoms with Crippen LogP contribution in [-0.2, 0) is 11.3 Å². The summed E-state index contributed by atoms with van der Waals surface area (Å²) >= 11 is 5.95. The van der Waals surface area contributed by atoms with Gasteiger partial charge in [-0.2, -0.15) is 9.49 Å². The van der Waals surface area contributed by atoms with E-state index >= 15 is 0 Å². The average Bonchev–Trinajstić information content (AvgIpc) is 2.78. The summed E-state index contributed by atoms with van der Waals surface area (Å²) in [6, 6.07) is 17.5. The largest absolute Gasteiger partial charge is 0.383 e. The Morgan fingerprint density at radius 1 is 1.06 bits per heavy atom. The van der Waals surface area contributed by atoms with E-state index < -0.39 is 5.95 Å². The Hall–Kier alpha value is -3.29. The Labute approximate surface area is 183 Å². The van der Waals surface area contributed by atoms with Crippen molar-refractivity contribution in [3.05, 3.63) is 87.6 Å². The number of anilines is 1. The highest BCUT2D eigenvalue weighted by atomic mass is 35.5. The van der Waals surface area contributed by atoms with Gasteiger partial charge in [-0.05, 0) is 35.9 Å². The van der Waals surface area contributed by atoms with Crippen molar-refractivity contribution in [3.8, 4) is 11.3 Å². The lowest BCUT2D eigenvalue weighted by atomic mass is 10.1. The highest BCUT2D eigenvalue weighted by molar-refractivity contribution is 6.30. The summed E-state index contributed by atoms with van der Waals surface area (Å²) in [4.78, 5) is 17.0. The molecule has 0 spiro atoms. The highest BCUT2D eigenvalue weighted by Gasteiger charge is 2.16. The van der Waals surface area contributed by atoms with Gasteiger partial charge in [0.1, 0.15) is 11.5 Å². The van der Waals surface area contributed by atoms with E-state index in [0.29, 0.717) is 40.5 Å². The molecule has 1 N–H and O–H groups in total. The predicted octanol–water partition coefficient (Wildman–Crippen LogP) is 4.36. The number of benzene rings is 2. The van der Waals surface area contributed by atoms with Crippen molar-refractivity contribution in [2.75, 3.05) is 25.6 Å². The van der Waals surface area contributed by atoms with Crippen molar-refractivity contribution in [2.45, 2.75) is 6.54 Å². The molecule has 0 radical (unpaired) electrons. The molecule has 0 bridgehead atoms. The molecule has 0 saturated heterocycles. The SMILES string of the molecule is COCCNc1ccc(-c2nn(Cc3ccc(Cl)cc3)c(=O)c3ccccc23)c(F)n1. The average molecular weight is 439 g/mol. The number of ether oxygens (including phenoxy) is 1. The van der Waals surface area contributed by atoms with Crippen LogP contribution >= 0.6 is 11.6 Å². The number of methoxy groups -OCH3 is 1. The maximum absolute atomic E-state index is 15.0. The number of rotatable bonds is 7. The molecule has 158 valence electrons. The molecular weight excluding hydrogens is 419 g/mol. The van der Waals surface area contributed by atoms with Crippen LogP contribution in [-0.4, -0.2) is 35.0 Å². The van der Waals surface area contributed by atoms with Gasteiger partial charge in [0.05, 0.1) is 24.1 Å². The molecule has 6 nitrogen and oxygen atoms in total. The van der Waals surface area contributed by atoms with Crippen molar-refractivity contribution in [1.29, 1.82) is 0 Å². The second kappa shape index (κ2) is 9.24. The maximum atomic E-state index is 15.0. The minimum atomic E-state index is -0.670. The molecule has 4 rings (SSSR count). The van der Waals surface area contributed by atoms with Gasteiger partial charge in [0.15, 0.2) is 0 Å². The second-order valence-corrected chi connectivity index (χ2v) is 7.37. The van der Waals surface area contributed by atoms with Crippen LogP contribution < -0.4 is 10.9 Å². The van der Waals surface area contributed by atoms with Crippen LogP contribution in [0, 0.1) is 5.95 Å². The van der Waals surface area contributed by atoms with E-state index in [1.165, 1.54) is 4.68 Å². The van der Waals surface area contributed by atoms with Crippen LogP contribution in [0.25, 0.3) is 22.0 Å². The van der Waals surface area contributed by atoms with Crippen LogP contribution in [0.1, 0.15) is 5.56 Å². The van der Waals surface area contributed by atoms with Gasteiger partial charge in [-0.25, -0.2) is 9.67 Å². The van der Waals surface area contributed by atoms with Gasteiger partial charge in [0.25, 0.3) is 5.56 Å². The number of fused-ring (bicyclic) bond motifs is 1. The van der Waals surface area contributed by atoms with Crippen molar-refractivity contribution in [3.63, 3.8) is 0 Å². The number of nitrogens with one attached hydrogen (secondary N) is 1. The lowest BCUT2D eigenvalue weighted by Gasteiger charge is -2.13. The molecule has 0 aliphatic rings. The number of halogens is 2. The Kier molecular flexibility index (Phi) is 6.25. The van der Waals surface area contributed by atoms with Crippen LogP contribution in [0.2, 0.25) is 5.02 Å². The van der Waals surface area contributed by atoms with Crippen LogP contribution in [0.15, 0.2) is 65.5 Å². The molecule has 2 aromatic heterocycles. The normalized spacial score (nSPS) is 11.1. The van der Waals surface area contributed by atoms with E-state index in [1.54, 1.807) is 55.6 Å². The van der Waals surface area contributed by atoms with Gasteiger partial charge in [0, 0.05) is 24.1 Å². The molecule has 8 heteroatoms. The van der Waals surface area contributed by atoms with E-state index in [1.807, 2.05) is 12.1 Å². The summed E-state index contributed by atoms with van der Waals surface area (Å²) in [5, 5.41) is 9.14. The molecule has 31 heavy (non-hydrogen) atoms. The molecule has 2 heterocycles. The summed E-state index contributed by atoms with van der Waals surface area (Å²) in [5.74, 6) is -0.270. The summed E-state index contributed by atoms with van der Waals surface area (Å²) in [5.41, 5.74) is 1.19.